The van der Waals surface area contributed by atoms with Gasteiger partial charge in [-0.2, -0.15) is 0 Å². The standard InChI is InChI=1S/C24H22N4O4/c1-4-32-24(29)19-15-21-23(18-7-5-6-8-20(18)25-21)27(22(19)13-14-26(2)3)16-9-11-17(12-10-16)28(30)31/h5-15H,4H2,1-3H3/b14-13+. The first-order chi connectivity index (χ1) is 15.4. The summed E-state index contributed by atoms with van der Waals surface area (Å²) in [5.74, 6) is -0.462. The number of pyridine rings is 1. The zero-order valence-corrected chi connectivity index (χ0v) is 18.0. The summed E-state index contributed by atoms with van der Waals surface area (Å²) in [5.41, 5.74) is 3.85. The Morgan fingerprint density at radius 2 is 1.91 bits per heavy atom. The Bertz CT molecular complexity index is 1310. The maximum Gasteiger partial charge on any atom is 0.340 e. The summed E-state index contributed by atoms with van der Waals surface area (Å²) in [7, 11) is 3.77. The van der Waals surface area contributed by atoms with Crippen molar-refractivity contribution in [1.82, 2.24) is 14.5 Å². The fourth-order valence-electron chi connectivity index (χ4n) is 3.63. The van der Waals surface area contributed by atoms with Crippen molar-refractivity contribution in [3.8, 4) is 17.1 Å². The lowest BCUT2D eigenvalue weighted by Crippen LogP contribution is -2.15. The average Bonchev–Trinajstić information content (AvgIpc) is 3.15. The Balaban J connectivity index is 2.12. The fourth-order valence-corrected chi connectivity index (χ4v) is 3.63. The second kappa shape index (κ2) is 8.50. The highest BCUT2D eigenvalue weighted by Gasteiger charge is 2.25. The smallest absolute Gasteiger partial charge is 0.340 e. The van der Waals surface area contributed by atoms with Gasteiger partial charge in [0.15, 0.2) is 0 Å². The summed E-state index contributed by atoms with van der Waals surface area (Å²) in [4.78, 5) is 30.2. The van der Waals surface area contributed by atoms with Gasteiger partial charge >= 0.3 is 5.97 Å². The van der Waals surface area contributed by atoms with E-state index in [0.29, 0.717) is 22.6 Å². The van der Waals surface area contributed by atoms with E-state index in [1.165, 1.54) is 12.1 Å². The first-order valence-corrected chi connectivity index (χ1v) is 10.1. The van der Waals surface area contributed by atoms with Crippen LogP contribution in [-0.2, 0) is 4.74 Å². The molecule has 0 saturated carbocycles. The monoisotopic (exact) mass is 430 g/mol. The molecule has 0 amide bonds. The third-order valence-corrected chi connectivity index (χ3v) is 5.01. The van der Waals surface area contributed by atoms with Crippen molar-refractivity contribution in [3.05, 3.63) is 82.2 Å². The van der Waals surface area contributed by atoms with Gasteiger partial charge in [0.05, 0.1) is 39.7 Å². The summed E-state index contributed by atoms with van der Waals surface area (Å²) in [5, 5.41) is 12.1. The number of rotatable bonds is 6. The predicted molar refractivity (Wildman–Crippen MR) is 123 cm³/mol. The molecule has 32 heavy (non-hydrogen) atoms. The van der Waals surface area contributed by atoms with Crippen molar-refractivity contribution >= 4 is 28.6 Å². The molecule has 0 N–H and O–H groups in total. The number of para-hydroxylation sites is 1. The van der Waals surface area contributed by atoms with Crippen LogP contribution in [0.1, 0.15) is 23.0 Å². The molecule has 0 atom stereocenters. The number of esters is 1. The number of hydrogen-bond acceptors (Lipinski definition) is 6. The lowest BCUT2D eigenvalue weighted by Gasteiger charge is -2.20. The quantitative estimate of drug-likeness (QED) is 0.249. The van der Waals surface area contributed by atoms with Crippen molar-refractivity contribution in [2.45, 2.75) is 6.92 Å². The second-order valence-corrected chi connectivity index (χ2v) is 7.41. The third kappa shape index (κ3) is 3.78. The zero-order valence-electron chi connectivity index (χ0n) is 18.0. The number of non-ortho nitro benzene ring substituents is 1. The van der Waals surface area contributed by atoms with Gasteiger partial charge in [0.25, 0.3) is 5.69 Å². The van der Waals surface area contributed by atoms with Crippen molar-refractivity contribution in [3.63, 3.8) is 0 Å². The number of hydrogen-bond donors (Lipinski definition) is 0. The Labute approximate surface area is 184 Å². The van der Waals surface area contributed by atoms with Crippen LogP contribution in [-0.4, -0.2) is 46.0 Å². The van der Waals surface area contributed by atoms with Crippen LogP contribution in [0.5, 0.6) is 0 Å². The van der Waals surface area contributed by atoms with Crippen molar-refractivity contribution < 1.29 is 14.5 Å². The SMILES string of the molecule is CCOC(=O)c1cc2nc3ccccc3c-2n(-c2ccc([N+](=O)[O-])cc2)c1/C=C/N(C)C. The lowest BCUT2D eigenvalue weighted by atomic mass is 10.1. The van der Waals surface area contributed by atoms with Gasteiger partial charge in [-0.3, -0.25) is 10.1 Å². The molecule has 0 aliphatic carbocycles. The van der Waals surface area contributed by atoms with Crippen LogP contribution in [0.25, 0.3) is 34.1 Å². The largest absolute Gasteiger partial charge is 0.462 e. The summed E-state index contributed by atoms with van der Waals surface area (Å²) in [6, 6.07) is 15.7. The maximum atomic E-state index is 12.9. The number of carbonyl (C=O) groups excluding carboxylic acids is 1. The Morgan fingerprint density at radius 3 is 2.56 bits per heavy atom. The molecule has 4 rings (SSSR count). The summed E-state index contributed by atoms with van der Waals surface area (Å²) < 4.78 is 7.23. The number of aromatic nitrogens is 2. The third-order valence-electron chi connectivity index (χ3n) is 5.01. The molecule has 8 nitrogen and oxygen atoms in total. The topological polar surface area (TPSA) is 90.5 Å². The van der Waals surface area contributed by atoms with Gasteiger partial charge in [-0.05, 0) is 37.3 Å². The van der Waals surface area contributed by atoms with E-state index in [1.807, 2.05) is 60.1 Å². The predicted octanol–water partition coefficient (Wildman–Crippen LogP) is 4.75. The van der Waals surface area contributed by atoms with E-state index in [1.54, 1.807) is 25.1 Å². The van der Waals surface area contributed by atoms with E-state index in [9.17, 15) is 14.9 Å². The highest BCUT2D eigenvalue weighted by atomic mass is 16.6. The van der Waals surface area contributed by atoms with Crippen molar-refractivity contribution in [2.75, 3.05) is 20.7 Å². The van der Waals surface area contributed by atoms with Crippen LogP contribution in [0.4, 0.5) is 5.69 Å². The van der Waals surface area contributed by atoms with Crippen LogP contribution in [0.15, 0.2) is 60.8 Å². The number of benzene rings is 2. The van der Waals surface area contributed by atoms with Crippen LogP contribution in [0, 0.1) is 10.1 Å². The van der Waals surface area contributed by atoms with Crippen molar-refractivity contribution in [2.24, 2.45) is 0 Å². The number of nitro benzene ring substituents is 1. The van der Waals surface area contributed by atoms with Gasteiger partial charge in [0, 0.05) is 43.5 Å². The van der Waals surface area contributed by atoms with Gasteiger partial charge in [-0.25, -0.2) is 9.78 Å². The lowest BCUT2D eigenvalue weighted by molar-refractivity contribution is -0.384. The Kier molecular flexibility index (Phi) is 5.59. The molecule has 0 bridgehead atoms. The average molecular weight is 430 g/mol. The minimum Gasteiger partial charge on any atom is -0.462 e. The highest BCUT2D eigenvalue weighted by molar-refractivity contribution is 6.01. The molecule has 2 aromatic carbocycles. The van der Waals surface area contributed by atoms with E-state index in [0.717, 1.165) is 16.6 Å². The minimum absolute atomic E-state index is 0.0111. The van der Waals surface area contributed by atoms with E-state index in [4.69, 9.17) is 9.72 Å². The van der Waals surface area contributed by atoms with Crippen LogP contribution >= 0.6 is 0 Å². The molecular formula is C24H22N4O4. The molecule has 0 fully saturated rings. The number of ether oxygens (including phenoxy) is 1. The van der Waals surface area contributed by atoms with E-state index < -0.39 is 10.9 Å². The van der Waals surface area contributed by atoms with Crippen molar-refractivity contribution in [1.29, 1.82) is 0 Å². The van der Waals surface area contributed by atoms with Gasteiger partial charge in [0.1, 0.15) is 0 Å². The molecule has 8 heteroatoms. The van der Waals surface area contributed by atoms with Gasteiger partial charge in [-0.1, -0.05) is 18.2 Å². The molecule has 0 saturated heterocycles. The number of fused-ring (bicyclic) bond motifs is 3. The van der Waals surface area contributed by atoms with Gasteiger partial charge < -0.3 is 14.2 Å². The molecule has 2 aromatic rings. The summed E-state index contributed by atoms with van der Waals surface area (Å²) in [6.07, 6.45) is 3.67. The van der Waals surface area contributed by atoms with E-state index in [-0.39, 0.29) is 12.3 Å². The second-order valence-electron chi connectivity index (χ2n) is 7.41. The van der Waals surface area contributed by atoms with Gasteiger partial charge in [0.2, 0.25) is 0 Å². The molecule has 2 aliphatic rings. The molecule has 162 valence electrons. The maximum absolute atomic E-state index is 12.9. The van der Waals surface area contributed by atoms with E-state index in [2.05, 4.69) is 0 Å². The number of carbonyl (C=O) groups is 1. The molecule has 0 unspecified atom stereocenters. The normalized spacial score (nSPS) is 11.3. The summed E-state index contributed by atoms with van der Waals surface area (Å²) in [6.45, 7) is 1.99. The molecule has 0 radical (unpaired) electrons. The highest BCUT2D eigenvalue weighted by Crippen LogP contribution is 2.37. The van der Waals surface area contributed by atoms with Gasteiger partial charge in [-0.15, -0.1) is 0 Å². The van der Waals surface area contributed by atoms with Crippen LogP contribution in [0.2, 0.25) is 0 Å². The molecule has 0 spiro atoms. The molecule has 2 heterocycles. The van der Waals surface area contributed by atoms with Crippen LogP contribution in [0.3, 0.4) is 0 Å². The fraction of sp³-hybridized carbons (Fsp3) is 0.167. The van der Waals surface area contributed by atoms with E-state index >= 15 is 0 Å². The zero-order chi connectivity index (χ0) is 22.8. The summed E-state index contributed by atoms with van der Waals surface area (Å²) >= 11 is 0. The first-order valence-electron chi connectivity index (χ1n) is 10.1. The minimum atomic E-state index is -0.462. The number of nitrogens with zero attached hydrogens (tertiary/aromatic N) is 4. The Hall–Kier alpha value is -4.20. The molecule has 2 aliphatic heterocycles. The number of nitro groups is 1. The van der Waals surface area contributed by atoms with Crippen LogP contribution < -0.4 is 0 Å². The first kappa shape index (κ1) is 21.0. The Morgan fingerprint density at radius 1 is 1.19 bits per heavy atom. The molecular weight excluding hydrogens is 408 g/mol. The molecule has 0 aromatic heterocycles.